The van der Waals surface area contributed by atoms with Crippen molar-refractivity contribution in [1.29, 1.82) is 0 Å². The number of hydrogen-bond donors (Lipinski definition) is 2. The Morgan fingerprint density at radius 1 is 1.27 bits per heavy atom. The predicted octanol–water partition coefficient (Wildman–Crippen LogP) is 1.66. The Hall–Kier alpha value is -0.0800. The van der Waals surface area contributed by atoms with Crippen LogP contribution in [0.2, 0.25) is 0 Å². The Bertz CT molecular complexity index is 83.6. The Morgan fingerprint density at radius 3 is 2.36 bits per heavy atom. The highest BCUT2D eigenvalue weighted by molar-refractivity contribution is 4.65. The Kier molecular flexibility index (Phi) is 6.57. The molecule has 0 fully saturated rings. The van der Waals surface area contributed by atoms with Crippen LogP contribution in [0.5, 0.6) is 0 Å². The first-order valence-electron chi connectivity index (χ1n) is 4.62. The molecule has 1 unspecified atom stereocenters. The first-order valence-corrected chi connectivity index (χ1v) is 4.62. The molecule has 68 valence electrons. The molecule has 2 nitrogen and oxygen atoms in total. The van der Waals surface area contributed by atoms with E-state index in [1.54, 1.807) is 0 Å². The molecule has 3 N–H and O–H groups in total. The van der Waals surface area contributed by atoms with Crippen molar-refractivity contribution in [2.24, 2.45) is 5.73 Å². The normalized spacial score (nSPS) is 16.4. The second-order valence-electron chi connectivity index (χ2n) is 3.28. The van der Waals surface area contributed by atoms with Gasteiger partial charge >= 0.3 is 0 Å². The third-order valence-electron chi connectivity index (χ3n) is 1.96. The van der Waals surface area contributed by atoms with Crippen LogP contribution in [-0.2, 0) is 0 Å². The molecule has 0 aromatic heterocycles. The summed E-state index contributed by atoms with van der Waals surface area (Å²) in [6, 6.07) is -0.0726. The zero-order valence-electron chi connectivity index (χ0n) is 7.71. The van der Waals surface area contributed by atoms with E-state index in [0.717, 1.165) is 12.8 Å². The molecule has 0 aliphatic carbocycles. The lowest BCUT2D eigenvalue weighted by Crippen LogP contribution is -2.31. The monoisotopic (exact) mass is 159 g/mol. The highest BCUT2D eigenvalue weighted by atomic mass is 16.3. The molecule has 0 saturated carbocycles. The molecule has 0 aliphatic rings. The van der Waals surface area contributed by atoms with E-state index in [1.165, 1.54) is 19.3 Å². The van der Waals surface area contributed by atoms with E-state index in [2.05, 4.69) is 6.92 Å². The Balaban J connectivity index is 3.10. The van der Waals surface area contributed by atoms with Crippen molar-refractivity contribution in [3.05, 3.63) is 0 Å². The van der Waals surface area contributed by atoms with Crippen molar-refractivity contribution in [3.8, 4) is 0 Å². The highest BCUT2D eigenvalue weighted by Gasteiger charge is 2.07. The van der Waals surface area contributed by atoms with Gasteiger partial charge in [-0.2, -0.15) is 0 Å². The summed E-state index contributed by atoms with van der Waals surface area (Å²) in [7, 11) is 0. The smallest absolute Gasteiger partial charge is 0.0688 e. The third-order valence-corrected chi connectivity index (χ3v) is 1.96. The van der Waals surface area contributed by atoms with Crippen molar-refractivity contribution in [2.45, 2.75) is 58.1 Å². The molecule has 0 aromatic carbocycles. The predicted molar refractivity (Wildman–Crippen MR) is 48.4 cm³/mol. The number of aliphatic hydroxyl groups is 1. The highest BCUT2D eigenvalue weighted by Crippen LogP contribution is 2.06. The molecule has 0 rings (SSSR count). The Morgan fingerprint density at radius 2 is 1.91 bits per heavy atom. The van der Waals surface area contributed by atoms with Crippen molar-refractivity contribution in [1.82, 2.24) is 0 Å². The lowest BCUT2D eigenvalue weighted by atomic mass is 10.1. The largest absolute Gasteiger partial charge is 0.392 e. The molecule has 0 spiro atoms. The van der Waals surface area contributed by atoms with Crippen LogP contribution in [0.3, 0.4) is 0 Å². The van der Waals surface area contributed by atoms with Gasteiger partial charge in [0.1, 0.15) is 0 Å². The van der Waals surface area contributed by atoms with Gasteiger partial charge in [-0.25, -0.2) is 0 Å². The van der Waals surface area contributed by atoms with Crippen molar-refractivity contribution >= 4 is 0 Å². The van der Waals surface area contributed by atoms with Crippen LogP contribution >= 0.6 is 0 Å². The van der Waals surface area contributed by atoms with E-state index in [0.29, 0.717) is 0 Å². The second kappa shape index (κ2) is 6.62. The van der Waals surface area contributed by atoms with Crippen molar-refractivity contribution in [3.63, 3.8) is 0 Å². The van der Waals surface area contributed by atoms with Crippen LogP contribution in [-0.4, -0.2) is 17.3 Å². The average Bonchev–Trinajstić information content (AvgIpc) is 1.97. The zero-order chi connectivity index (χ0) is 8.69. The molecule has 0 bridgehead atoms. The van der Waals surface area contributed by atoms with Crippen LogP contribution in [0.15, 0.2) is 0 Å². The number of unbranched alkanes of at least 4 members (excludes halogenated alkanes) is 3. The van der Waals surface area contributed by atoms with Gasteiger partial charge in [-0.05, 0) is 13.3 Å². The van der Waals surface area contributed by atoms with Crippen LogP contribution in [0.25, 0.3) is 0 Å². The van der Waals surface area contributed by atoms with Crippen LogP contribution in [0.1, 0.15) is 46.0 Å². The van der Waals surface area contributed by atoms with Gasteiger partial charge < -0.3 is 10.8 Å². The molecule has 2 heteroatoms. The van der Waals surface area contributed by atoms with E-state index in [-0.39, 0.29) is 12.1 Å². The van der Waals surface area contributed by atoms with Crippen LogP contribution in [0.4, 0.5) is 0 Å². The van der Waals surface area contributed by atoms with Crippen LogP contribution < -0.4 is 5.73 Å². The number of rotatable bonds is 6. The molecular weight excluding hydrogens is 138 g/mol. The fourth-order valence-corrected chi connectivity index (χ4v) is 1.04. The molecule has 0 radical (unpaired) electrons. The van der Waals surface area contributed by atoms with Gasteiger partial charge in [0.2, 0.25) is 0 Å². The second-order valence-corrected chi connectivity index (χ2v) is 3.28. The van der Waals surface area contributed by atoms with E-state index < -0.39 is 0 Å². The zero-order valence-corrected chi connectivity index (χ0v) is 7.71. The van der Waals surface area contributed by atoms with Gasteiger partial charge in [0.15, 0.2) is 0 Å². The molecule has 0 aliphatic heterocycles. The van der Waals surface area contributed by atoms with Gasteiger partial charge in [-0.3, -0.25) is 0 Å². The summed E-state index contributed by atoms with van der Waals surface area (Å²) in [4.78, 5) is 0. The Labute approximate surface area is 69.8 Å². The average molecular weight is 159 g/mol. The fraction of sp³-hybridized carbons (Fsp3) is 1.00. The summed E-state index contributed by atoms with van der Waals surface area (Å²) in [5.41, 5.74) is 5.50. The molecule has 0 saturated heterocycles. The van der Waals surface area contributed by atoms with E-state index in [1.807, 2.05) is 6.92 Å². The van der Waals surface area contributed by atoms with Crippen molar-refractivity contribution in [2.75, 3.05) is 0 Å². The van der Waals surface area contributed by atoms with Gasteiger partial charge in [0.25, 0.3) is 0 Å². The molecule has 2 atom stereocenters. The maximum atomic E-state index is 9.30. The summed E-state index contributed by atoms with van der Waals surface area (Å²) in [6.45, 7) is 4.03. The topological polar surface area (TPSA) is 46.2 Å². The molecule has 11 heavy (non-hydrogen) atoms. The maximum Gasteiger partial charge on any atom is 0.0688 e. The van der Waals surface area contributed by atoms with Gasteiger partial charge in [-0.15, -0.1) is 0 Å². The lowest BCUT2D eigenvalue weighted by Gasteiger charge is -2.13. The summed E-state index contributed by atoms with van der Waals surface area (Å²) in [5.74, 6) is 0. The summed E-state index contributed by atoms with van der Waals surface area (Å²) < 4.78 is 0. The minimum absolute atomic E-state index is 0.0726. The number of hydrogen-bond acceptors (Lipinski definition) is 2. The molecule has 0 aromatic rings. The summed E-state index contributed by atoms with van der Waals surface area (Å²) in [6.07, 6.45) is 5.40. The summed E-state index contributed by atoms with van der Waals surface area (Å²) in [5, 5.41) is 9.30. The van der Waals surface area contributed by atoms with Crippen LogP contribution in [0, 0.1) is 0 Å². The fourth-order valence-electron chi connectivity index (χ4n) is 1.04. The minimum atomic E-state index is -0.299. The van der Waals surface area contributed by atoms with Crippen molar-refractivity contribution < 1.29 is 5.11 Å². The van der Waals surface area contributed by atoms with E-state index in [9.17, 15) is 5.11 Å². The van der Waals surface area contributed by atoms with Gasteiger partial charge in [0, 0.05) is 6.04 Å². The molecular formula is C9H21NO. The minimum Gasteiger partial charge on any atom is -0.392 e. The quantitative estimate of drug-likeness (QED) is 0.579. The first kappa shape index (κ1) is 10.9. The number of nitrogens with two attached hydrogens (primary N) is 1. The molecule has 0 amide bonds. The first-order chi connectivity index (χ1) is 5.18. The number of aliphatic hydroxyl groups excluding tert-OH is 1. The van der Waals surface area contributed by atoms with E-state index in [4.69, 9.17) is 5.73 Å². The van der Waals surface area contributed by atoms with Gasteiger partial charge in [-0.1, -0.05) is 32.6 Å². The van der Waals surface area contributed by atoms with E-state index >= 15 is 0 Å². The lowest BCUT2D eigenvalue weighted by molar-refractivity contribution is 0.138. The SMILES string of the molecule is CCCCCCC(O)[C@H](C)N. The van der Waals surface area contributed by atoms with Gasteiger partial charge in [0.05, 0.1) is 6.10 Å². The third kappa shape index (κ3) is 6.32. The molecule has 0 heterocycles. The summed E-state index contributed by atoms with van der Waals surface area (Å²) >= 11 is 0. The maximum absolute atomic E-state index is 9.30. The standard InChI is InChI=1S/C9H21NO/c1-3-4-5-6-7-9(11)8(2)10/h8-9,11H,3-7,10H2,1-2H3/t8-,9?/m0/s1.